The van der Waals surface area contributed by atoms with Crippen LogP contribution in [0.3, 0.4) is 0 Å². The first kappa shape index (κ1) is 19.5. The van der Waals surface area contributed by atoms with Crippen molar-refractivity contribution in [2.24, 2.45) is 21.6 Å². The number of alkyl halides is 3. The first-order chi connectivity index (χ1) is 13.2. The minimum absolute atomic E-state index is 0.0272. The van der Waals surface area contributed by atoms with Gasteiger partial charge >= 0.3 is 6.18 Å². The Hall–Kier alpha value is -3.24. The smallest absolute Gasteiger partial charge is 0.437 e. The molecule has 0 aliphatic carbocycles. The normalized spacial score (nSPS) is 16.1. The highest BCUT2D eigenvalue weighted by Gasteiger charge is 2.46. The molecular formula is C18H17F3N6O. The number of halogens is 3. The Balaban J connectivity index is 1.89. The fourth-order valence-electron chi connectivity index (χ4n) is 2.51. The molecule has 0 atom stereocenters. The zero-order valence-electron chi connectivity index (χ0n) is 14.5. The number of hydrogen-bond acceptors (Lipinski definition) is 6. The summed E-state index contributed by atoms with van der Waals surface area (Å²) in [5.41, 5.74) is 9.79. The van der Waals surface area contributed by atoms with Crippen molar-refractivity contribution in [2.45, 2.75) is 19.1 Å². The molecule has 10 heteroatoms. The van der Waals surface area contributed by atoms with Gasteiger partial charge in [0.1, 0.15) is 11.5 Å². The van der Waals surface area contributed by atoms with E-state index in [-0.39, 0.29) is 12.2 Å². The first-order valence-corrected chi connectivity index (χ1v) is 8.17. The molecule has 7 nitrogen and oxygen atoms in total. The van der Waals surface area contributed by atoms with Crippen LogP contribution in [0.2, 0.25) is 0 Å². The largest absolute Gasteiger partial charge is 0.463 e. The van der Waals surface area contributed by atoms with E-state index >= 15 is 0 Å². The summed E-state index contributed by atoms with van der Waals surface area (Å²) < 4.78 is 45.3. The summed E-state index contributed by atoms with van der Waals surface area (Å²) >= 11 is 0. The minimum atomic E-state index is -4.74. The molecule has 0 aromatic heterocycles. The lowest BCUT2D eigenvalue weighted by molar-refractivity contribution is -0.0571. The Bertz CT molecular complexity index is 907. The van der Waals surface area contributed by atoms with Gasteiger partial charge in [-0.25, -0.2) is 10.0 Å². The zero-order chi connectivity index (χ0) is 20.3. The van der Waals surface area contributed by atoms with Crippen molar-refractivity contribution in [1.82, 2.24) is 5.01 Å². The van der Waals surface area contributed by atoms with Crippen molar-refractivity contribution < 1.29 is 17.9 Å². The minimum Gasteiger partial charge on any atom is -0.463 e. The Morgan fingerprint density at radius 3 is 2.29 bits per heavy atom. The van der Waals surface area contributed by atoms with Gasteiger partial charge in [0, 0.05) is 0 Å². The average Bonchev–Trinajstić information content (AvgIpc) is 2.93. The van der Waals surface area contributed by atoms with Crippen LogP contribution in [0.25, 0.3) is 0 Å². The number of hydrazone groups is 1. The number of nitrogens with zero attached hydrogens (tertiary/aromatic N) is 3. The van der Waals surface area contributed by atoms with Gasteiger partial charge in [-0.15, -0.1) is 0 Å². The molecule has 1 aliphatic heterocycles. The molecule has 2 aromatic carbocycles. The summed E-state index contributed by atoms with van der Waals surface area (Å²) in [4.78, 5) is 3.98. The van der Waals surface area contributed by atoms with Gasteiger partial charge in [0.2, 0.25) is 6.35 Å². The number of aliphatic imine (C=N–C) groups is 1. The monoisotopic (exact) mass is 390 g/mol. The quantitative estimate of drug-likeness (QED) is 0.681. The number of nitrogens with one attached hydrogen (secondary N) is 1. The standard InChI is InChI=1S/C18H17F3N6O/c19-18(20,21)15-14(25-12-6-8-13(9-7-12)28-17(23)24)16(22)27(26-15)10-11-4-2-1-3-5-11/h1-9,17,22H,10,23-24H2. The zero-order valence-corrected chi connectivity index (χ0v) is 14.5. The van der Waals surface area contributed by atoms with Gasteiger partial charge in [0.15, 0.2) is 11.5 Å². The van der Waals surface area contributed by atoms with Crippen LogP contribution in [0.1, 0.15) is 5.56 Å². The maximum atomic E-state index is 13.4. The lowest BCUT2D eigenvalue weighted by atomic mass is 10.2. The topological polar surface area (TPSA) is 113 Å². The third-order valence-corrected chi connectivity index (χ3v) is 3.72. The second kappa shape index (κ2) is 7.79. The Morgan fingerprint density at radius 1 is 1.07 bits per heavy atom. The van der Waals surface area contributed by atoms with Crippen molar-refractivity contribution in [3.63, 3.8) is 0 Å². The second-order valence-electron chi connectivity index (χ2n) is 5.87. The van der Waals surface area contributed by atoms with E-state index in [1.807, 2.05) is 0 Å². The van der Waals surface area contributed by atoms with Gasteiger partial charge < -0.3 is 4.74 Å². The highest BCUT2D eigenvalue weighted by molar-refractivity contribution is 6.70. The van der Waals surface area contributed by atoms with E-state index in [1.165, 1.54) is 24.3 Å². The van der Waals surface area contributed by atoms with Crippen LogP contribution in [-0.4, -0.2) is 34.8 Å². The van der Waals surface area contributed by atoms with Crippen LogP contribution in [0, 0.1) is 5.41 Å². The Kier molecular flexibility index (Phi) is 5.43. The summed E-state index contributed by atoms with van der Waals surface area (Å²) in [6, 6.07) is 14.6. The first-order valence-electron chi connectivity index (χ1n) is 8.17. The molecular weight excluding hydrogens is 373 g/mol. The molecule has 1 heterocycles. The van der Waals surface area contributed by atoms with Gasteiger partial charge in [-0.1, -0.05) is 30.3 Å². The van der Waals surface area contributed by atoms with Crippen molar-refractivity contribution in [3.05, 3.63) is 60.2 Å². The van der Waals surface area contributed by atoms with Crippen LogP contribution in [0.4, 0.5) is 18.9 Å². The van der Waals surface area contributed by atoms with E-state index in [9.17, 15) is 13.2 Å². The van der Waals surface area contributed by atoms with Gasteiger partial charge in [0.25, 0.3) is 0 Å². The molecule has 0 spiro atoms. The number of nitrogens with two attached hydrogens (primary N) is 2. The highest BCUT2D eigenvalue weighted by Crippen LogP contribution is 2.27. The summed E-state index contributed by atoms with van der Waals surface area (Å²) in [7, 11) is 0. The lowest BCUT2D eigenvalue weighted by Gasteiger charge is -2.13. The second-order valence-corrected chi connectivity index (χ2v) is 5.87. The van der Waals surface area contributed by atoms with Crippen LogP contribution in [0.15, 0.2) is 64.7 Å². The fraction of sp³-hybridized carbons (Fsp3) is 0.167. The van der Waals surface area contributed by atoms with Gasteiger partial charge in [0.05, 0.1) is 12.2 Å². The maximum Gasteiger partial charge on any atom is 0.437 e. The molecule has 28 heavy (non-hydrogen) atoms. The Morgan fingerprint density at radius 2 is 1.71 bits per heavy atom. The molecule has 0 saturated heterocycles. The van der Waals surface area contributed by atoms with Crippen LogP contribution in [0.5, 0.6) is 5.75 Å². The summed E-state index contributed by atoms with van der Waals surface area (Å²) in [6.45, 7) is 0.0272. The predicted molar refractivity (Wildman–Crippen MR) is 99.5 cm³/mol. The number of amidine groups is 1. The summed E-state index contributed by atoms with van der Waals surface area (Å²) in [5.74, 6) is -0.0867. The van der Waals surface area contributed by atoms with Crippen LogP contribution in [-0.2, 0) is 6.54 Å². The van der Waals surface area contributed by atoms with Gasteiger partial charge in [-0.3, -0.25) is 16.9 Å². The third kappa shape index (κ3) is 4.53. The number of benzene rings is 2. The molecule has 2 aromatic rings. The average molecular weight is 390 g/mol. The van der Waals surface area contributed by atoms with Gasteiger partial charge in [-0.2, -0.15) is 18.3 Å². The molecule has 0 amide bonds. The van der Waals surface area contributed by atoms with Gasteiger partial charge in [-0.05, 0) is 29.8 Å². The van der Waals surface area contributed by atoms with Crippen molar-refractivity contribution in [3.8, 4) is 5.75 Å². The molecule has 1 aliphatic rings. The highest BCUT2D eigenvalue weighted by atomic mass is 19.4. The molecule has 0 radical (unpaired) electrons. The van der Waals surface area contributed by atoms with E-state index in [4.69, 9.17) is 21.6 Å². The molecule has 3 rings (SSSR count). The summed E-state index contributed by atoms with van der Waals surface area (Å²) in [5, 5.41) is 12.7. The van der Waals surface area contributed by atoms with Crippen molar-refractivity contribution in [1.29, 1.82) is 5.41 Å². The number of ether oxygens (including phenoxy) is 1. The fourth-order valence-corrected chi connectivity index (χ4v) is 2.51. The van der Waals surface area contributed by atoms with Crippen molar-refractivity contribution >= 4 is 22.9 Å². The van der Waals surface area contributed by atoms with Crippen LogP contribution < -0.4 is 16.2 Å². The number of hydrogen-bond donors (Lipinski definition) is 3. The number of rotatable bonds is 5. The third-order valence-electron chi connectivity index (χ3n) is 3.72. The molecule has 0 fully saturated rings. The Labute approximate surface area is 158 Å². The lowest BCUT2D eigenvalue weighted by Crippen LogP contribution is -2.36. The molecule has 146 valence electrons. The van der Waals surface area contributed by atoms with Crippen LogP contribution >= 0.6 is 0 Å². The predicted octanol–water partition coefficient (Wildman–Crippen LogP) is 2.75. The van der Waals surface area contributed by atoms with Crippen molar-refractivity contribution in [2.75, 3.05) is 0 Å². The maximum absolute atomic E-state index is 13.4. The SMILES string of the molecule is N=C1C(=Nc2ccc(OC(N)N)cc2)C(C(F)(F)F)=NN1Cc1ccccc1. The molecule has 0 bridgehead atoms. The molecule has 5 N–H and O–H groups in total. The van der Waals surface area contributed by atoms with E-state index in [0.717, 1.165) is 10.6 Å². The van der Waals surface area contributed by atoms with E-state index in [2.05, 4.69) is 10.1 Å². The summed E-state index contributed by atoms with van der Waals surface area (Å²) in [6.07, 6.45) is -5.76. The van der Waals surface area contributed by atoms with E-state index in [1.54, 1.807) is 30.3 Å². The molecule has 0 unspecified atom stereocenters. The van der Waals surface area contributed by atoms with E-state index in [0.29, 0.717) is 5.75 Å². The molecule has 0 saturated carbocycles. The van der Waals surface area contributed by atoms with E-state index < -0.39 is 29.8 Å².